The molecule has 14 heavy (non-hydrogen) atoms. The predicted molar refractivity (Wildman–Crippen MR) is 66.3 cm³/mol. The summed E-state index contributed by atoms with van der Waals surface area (Å²) >= 11 is 0. The van der Waals surface area contributed by atoms with E-state index in [1.165, 1.54) is 11.1 Å². The third-order valence-electron chi connectivity index (χ3n) is 2.53. The van der Waals surface area contributed by atoms with E-state index in [0.29, 0.717) is 0 Å². The second-order valence-corrected chi connectivity index (χ2v) is 3.46. The first-order valence-electron chi connectivity index (χ1n) is 4.77. The van der Waals surface area contributed by atoms with Gasteiger partial charge in [0, 0.05) is 0 Å². The average Bonchev–Trinajstić information content (AvgIpc) is 2.17. The lowest BCUT2D eigenvalue weighted by molar-refractivity contribution is 1.24. The zero-order valence-corrected chi connectivity index (χ0v) is 9.78. The molecule has 0 saturated heterocycles. The molecule has 0 saturated carbocycles. The highest BCUT2D eigenvalue weighted by Crippen LogP contribution is 2.23. The van der Waals surface area contributed by atoms with Gasteiger partial charge in [0.25, 0.3) is 0 Å². The molecule has 0 heteroatoms. The Morgan fingerprint density at radius 3 is 1.79 bits per heavy atom. The van der Waals surface area contributed by atoms with Crippen molar-refractivity contribution < 1.29 is 0 Å². The van der Waals surface area contributed by atoms with Crippen molar-refractivity contribution in [1.29, 1.82) is 0 Å². The van der Waals surface area contributed by atoms with Crippen LogP contribution in [0.2, 0.25) is 0 Å². The number of hydrogen-bond donors (Lipinski definition) is 0. The molecular formula is C14H20. The normalized spacial score (nSPS) is 13.3. The van der Waals surface area contributed by atoms with Gasteiger partial charge in [0.15, 0.2) is 0 Å². The Bertz CT molecular complexity index is 322. The molecule has 0 aromatic carbocycles. The molecule has 0 nitrogen and oxygen atoms in total. The van der Waals surface area contributed by atoms with E-state index in [9.17, 15) is 0 Å². The summed E-state index contributed by atoms with van der Waals surface area (Å²) in [6, 6.07) is 0. The maximum absolute atomic E-state index is 4.06. The quantitative estimate of drug-likeness (QED) is 0.566. The third-order valence-corrected chi connectivity index (χ3v) is 2.53. The molecular weight excluding hydrogens is 168 g/mol. The summed E-state index contributed by atoms with van der Waals surface area (Å²) < 4.78 is 0. The summed E-state index contributed by atoms with van der Waals surface area (Å²) in [6.45, 7) is 19.9. The Morgan fingerprint density at radius 2 is 1.50 bits per heavy atom. The topological polar surface area (TPSA) is 0 Å². The Hall–Kier alpha value is -1.30. The van der Waals surface area contributed by atoms with Crippen LogP contribution in [0.5, 0.6) is 0 Å². The molecule has 0 spiro atoms. The predicted octanol–water partition coefficient (Wildman–Crippen LogP) is 4.59. The molecule has 0 amide bonds. The minimum absolute atomic E-state index is 1.03. The molecule has 76 valence electrons. The first-order chi connectivity index (χ1) is 6.45. The fraction of sp³-hybridized carbons (Fsp3) is 0.286. The molecule has 0 bridgehead atoms. The molecule has 0 atom stereocenters. The van der Waals surface area contributed by atoms with Crippen LogP contribution in [-0.4, -0.2) is 0 Å². The maximum Gasteiger partial charge on any atom is -0.0228 e. The Morgan fingerprint density at radius 1 is 1.00 bits per heavy atom. The average molecular weight is 188 g/mol. The highest BCUT2D eigenvalue weighted by molar-refractivity contribution is 5.52. The molecule has 0 aliphatic carbocycles. The molecule has 0 fully saturated rings. The van der Waals surface area contributed by atoms with Gasteiger partial charge in [-0.15, -0.1) is 0 Å². The Balaban J connectivity index is 5.16. The van der Waals surface area contributed by atoms with Crippen LogP contribution in [0.15, 0.2) is 59.8 Å². The maximum atomic E-state index is 4.06. The minimum Gasteiger partial charge on any atom is -0.0985 e. The standard InChI is InChI=1S/C14H20/c1-8-14(9-2)13(7)12(6)11(5)10(3)4/h8-9H,1,3,7H2,2,4-6H3/b12-11-,14-9+. The number of hydrogen-bond acceptors (Lipinski definition) is 0. The molecule has 0 aromatic rings. The molecule has 0 N–H and O–H groups in total. The lowest BCUT2D eigenvalue weighted by Crippen LogP contribution is -1.92. The van der Waals surface area contributed by atoms with Gasteiger partial charge in [-0.2, -0.15) is 0 Å². The van der Waals surface area contributed by atoms with E-state index in [4.69, 9.17) is 0 Å². The van der Waals surface area contributed by atoms with Gasteiger partial charge in [-0.1, -0.05) is 37.5 Å². The van der Waals surface area contributed by atoms with E-state index in [-0.39, 0.29) is 0 Å². The summed E-state index contributed by atoms with van der Waals surface area (Å²) in [4.78, 5) is 0. The molecule has 0 aliphatic rings. The summed E-state index contributed by atoms with van der Waals surface area (Å²) in [5.74, 6) is 0. The van der Waals surface area contributed by atoms with Crippen LogP contribution in [0.1, 0.15) is 27.7 Å². The lowest BCUT2D eigenvalue weighted by Gasteiger charge is -2.11. The fourth-order valence-corrected chi connectivity index (χ4v) is 1.18. The highest BCUT2D eigenvalue weighted by atomic mass is 14.1. The van der Waals surface area contributed by atoms with Crippen molar-refractivity contribution in [3.63, 3.8) is 0 Å². The smallest absolute Gasteiger partial charge is 0.0228 e. The third kappa shape index (κ3) is 2.88. The number of allylic oxidation sites excluding steroid dienone is 7. The van der Waals surface area contributed by atoms with Crippen molar-refractivity contribution in [2.75, 3.05) is 0 Å². The highest BCUT2D eigenvalue weighted by Gasteiger charge is 2.04. The lowest BCUT2D eigenvalue weighted by atomic mass is 9.94. The minimum atomic E-state index is 1.03. The number of rotatable bonds is 4. The second kappa shape index (κ2) is 5.43. The van der Waals surface area contributed by atoms with Crippen molar-refractivity contribution in [3.8, 4) is 0 Å². The van der Waals surface area contributed by atoms with Gasteiger partial charge >= 0.3 is 0 Å². The first-order valence-corrected chi connectivity index (χ1v) is 4.77. The molecule has 0 aromatic heterocycles. The van der Waals surface area contributed by atoms with E-state index < -0.39 is 0 Å². The van der Waals surface area contributed by atoms with Crippen LogP contribution in [0.3, 0.4) is 0 Å². The fourth-order valence-electron chi connectivity index (χ4n) is 1.18. The second-order valence-electron chi connectivity index (χ2n) is 3.46. The van der Waals surface area contributed by atoms with Gasteiger partial charge < -0.3 is 0 Å². The summed E-state index contributed by atoms with van der Waals surface area (Å²) in [7, 11) is 0. The van der Waals surface area contributed by atoms with Crippen LogP contribution >= 0.6 is 0 Å². The van der Waals surface area contributed by atoms with Crippen molar-refractivity contribution in [2.24, 2.45) is 0 Å². The van der Waals surface area contributed by atoms with Crippen molar-refractivity contribution in [1.82, 2.24) is 0 Å². The van der Waals surface area contributed by atoms with Crippen molar-refractivity contribution >= 4 is 0 Å². The molecule has 0 aliphatic heterocycles. The van der Waals surface area contributed by atoms with E-state index in [0.717, 1.165) is 16.7 Å². The van der Waals surface area contributed by atoms with Gasteiger partial charge in [-0.25, -0.2) is 0 Å². The van der Waals surface area contributed by atoms with Crippen LogP contribution in [0, 0.1) is 0 Å². The van der Waals surface area contributed by atoms with Crippen molar-refractivity contribution in [2.45, 2.75) is 27.7 Å². The van der Waals surface area contributed by atoms with Crippen LogP contribution in [0.25, 0.3) is 0 Å². The SMILES string of the molecule is C=C/C(=C\C)C(=C)/C(C)=C(/C)C(=C)C. The van der Waals surface area contributed by atoms with E-state index >= 15 is 0 Å². The van der Waals surface area contributed by atoms with Crippen LogP contribution in [-0.2, 0) is 0 Å². The largest absolute Gasteiger partial charge is 0.0985 e. The summed E-state index contributed by atoms with van der Waals surface area (Å²) in [6.07, 6.45) is 3.85. The Kier molecular flexibility index (Phi) is 4.93. The monoisotopic (exact) mass is 188 g/mol. The van der Waals surface area contributed by atoms with Crippen molar-refractivity contribution in [3.05, 3.63) is 59.8 Å². The van der Waals surface area contributed by atoms with E-state index in [2.05, 4.69) is 33.6 Å². The summed E-state index contributed by atoms with van der Waals surface area (Å²) in [5, 5.41) is 0. The zero-order chi connectivity index (χ0) is 11.3. The molecule has 0 heterocycles. The van der Waals surface area contributed by atoms with Crippen LogP contribution < -0.4 is 0 Å². The van der Waals surface area contributed by atoms with Gasteiger partial charge in [-0.3, -0.25) is 0 Å². The zero-order valence-electron chi connectivity index (χ0n) is 9.78. The molecule has 0 radical (unpaired) electrons. The van der Waals surface area contributed by atoms with Gasteiger partial charge in [0.05, 0.1) is 0 Å². The van der Waals surface area contributed by atoms with Gasteiger partial charge in [0.2, 0.25) is 0 Å². The first kappa shape index (κ1) is 12.7. The summed E-state index contributed by atoms with van der Waals surface area (Å²) in [5.41, 5.74) is 5.59. The van der Waals surface area contributed by atoms with E-state index in [1.807, 2.05) is 26.0 Å². The van der Waals surface area contributed by atoms with Crippen LogP contribution in [0.4, 0.5) is 0 Å². The van der Waals surface area contributed by atoms with E-state index in [1.54, 1.807) is 0 Å². The molecule has 0 unspecified atom stereocenters. The van der Waals surface area contributed by atoms with Gasteiger partial charge in [-0.05, 0) is 50.0 Å². The molecule has 0 rings (SSSR count). The Labute approximate surface area is 88.0 Å². The van der Waals surface area contributed by atoms with Gasteiger partial charge in [0.1, 0.15) is 0 Å².